The van der Waals surface area contributed by atoms with Crippen molar-refractivity contribution >= 4 is 0 Å². The van der Waals surface area contributed by atoms with Crippen LogP contribution in [-0.4, -0.2) is 15.0 Å². The molecule has 3 rings (SSSR count). The maximum atomic E-state index is 5.65. The molecule has 0 aliphatic heterocycles. The SMILES string of the molecule is Cc1nccc(-c2ccc(Oc3ccccc3)nc2)n1. The van der Waals surface area contributed by atoms with E-state index < -0.39 is 0 Å². The van der Waals surface area contributed by atoms with Crippen molar-refractivity contribution < 1.29 is 4.74 Å². The van der Waals surface area contributed by atoms with Crippen molar-refractivity contribution in [3.05, 3.63) is 66.7 Å². The molecule has 0 amide bonds. The van der Waals surface area contributed by atoms with E-state index in [0.717, 1.165) is 22.8 Å². The first kappa shape index (κ1) is 12.3. The maximum absolute atomic E-state index is 5.65. The number of hydrogen-bond donors (Lipinski definition) is 0. The molecular weight excluding hydrogens is 250 g/mol. The molecule has 2 heterocycles. The van der Waals surface area contributed by atoms with Gasteiger partial charge in [-0.2, -0.15) is 0 Å². The minimum atomic E-state index is 0.561. The van der Waals surface area contributed by atoms with Crippen molar-refractivity contribution in [1.82, 2.24) is 15.0 Å². The minimum Gasteiger partial charge on any atom is -0.439 e. The second kappa shape index (κ2) is 5.48. The first-order valence-electron chi connectivity index (χ1n) is 6.30. The number of aromatic nitrogens is 3. The van der Waals surface area contributed by atoms with Crippen molar-refractivity contribution in [2.75, 3.05) is 0 Å². The van der Waals surface area contributed by atoms with Crippen LogP contribution in [-0.2, 0) is 0 Å². The zero-order valence-electron chi connectivity index (χ0n) is 11.0. The lowest BCUT2D eigenvalue weighted by molar-refractivity contribution is 0.463. The molecule has 0 saturated carbocycles. The molecule has 0 radical (unpaired) electrons. The van der Waals surface area contributed by atoms with Crippen molar-refractivity contribution in [2.24, 2.45) is 0 Å². The summed E-state index contributed by atoms with van der Waals surface area (Å²) in [6, 6.07) is 15.2. The number of aryl methyl sites for hydroxylation is 1. The van der Waals surface area contributed by atoms with Crippen LogP contribution in [0, 0.1) is 6.92 Å². The summed E-state index contributed by atoms with van der Waals surface area (Å²) in [4.78, 5) is 12.7. The van der Waals surface area contributed by atoms with E-state index >= 15 is 0 Å². The molecule has 0 bridgehead atoms. The molecular formula is C16H13N3O. The normalized spacial score (nSPS) is 10.2. The third-order valence-electron chi connectivity index (χ3n) is 2.77. The van der Waals surface area contributed by atoms with E-state index in [1.54, 1.807) is 12.4 Å². The smallest absolute Gasteiger partial charge is 0.219 e. The molecule has 0 aliphatic rings. The molecule has 4 nitrogen and oxygen atoms in total. The average molecular weight is 263 g/mol. The Morgan fingerprint density at radius 3 is 2.45 bits per heavy atom. The van der Waals surface area contributed by atoms with Crippen LogP contribution in [0.4, 0.5) is 0 Å². The molecule has 0 fully saturated rings. The van der Waals surface area contributed by atoms with Gasteiger partial charge in [0.05, 0.1) is 5.69 Å². The van der Waals surface area contributed by atoms with Crippen LogP contribution in [0.15, 0.2) is 60.9 Å². The maximum Gasteiger partial charge on any atom is 0.219 e. The molecule has 0 aliphatic carbocycles. The monoisotopic (exact) mass is 263 g/mol. The van der Waals surface area contributed by atoms with Gasteiger partial charge in [-0.25, -0.2) is 15.0 Å². The van der Waals surface area contributed by atoms with Gasteiger partial charge in [0, 0.05) is 24.0 Å². The Kier molecular flexibility index (Phi) is 3.37. The Morgan fingerprint density at radius 1 is 0.900 bits per heavy atom. The zero-order chi connectivity index (χ0) is 13.8. The van der Waals surface area contributed by atoms with Gasteiger partial charge in [0.15, 0.2) is 0 Å². The fraction of sp³-hybridized carbons (Fsp3) is 0.0625. The number of rotatable bonds is 3. The lowest BCUT2D eigenvalue weighted by Crippen LogP contribution is -1.91. The van der Waals surface area contributed by atoms with Gasteiger partial charge in [0.2, 0.25) is 5.88 Å². The summed E-state index contributed by atoms with van der Waals surface area (Å²) in [5, 5.41) is 0. The van der Waals surface area contributed by atoms with Crippen LogP contribution in [0.1, 0.15) is 5.82 Å². The van der Waals surface area contributed by atoms with Crippen molar-refractivity contribution in [3.63, 3.8) is 0 Å². The lowest BCUT2D eigenvalue weighted by Gasteiger charge is -2.05. The standard InChI is InChI=1S/C16H13N3O/c1-12-17-10-9-15(19-12)13-7-8-16(18-11-13)20-14-5-3-2-4-6-14/h2-11H,1H3. The van der Waals surface area contributed by atoms with Crippen LogP contribution in [0.5, 0.6) is 11.6 Å². The van der Waals surface area contributed by atoms with E-state index in [1.165, 1.54) is 0 Å². The molecule has 4 heteroatoms. The summed E-state index contributed by atoms with van der Waals surface area (Å²) in [6.07, 6.45) is 3.49. The van der Waals surface area contributed by atoms with E-state index in [0.29, 0.717) is 5.88 Å². The number of benzene rings is 1. The summed E-state index contributed by atoms with van der Waals surface area (Å²) in [5.41, 5.74) is 1.80. The summed E-state index contributed by atoms with van der Waals surface area (Å²) in [7, 11) is 0. The van der Waals surface area contributed by atoms with Gasteiger partial charge in [-0.1, -0.05) is 18.2 Å². The molecule has 98 valence electrons. The first-order valence-corrected chi connectivity index (χ1v) is 6.30. The van der Waals surface area contributed by atoms with Gasteiger partial charge in [-0.05, 0) is 31.2 Å². The van der Waals surface area contributed by atoms with Crippen LogP contribution < -0.4 is 4.74 Å². The van der Waals surface area contributed by atoms with Crippen LogP contribution >= 0.6 is 0 Å². The number of hydrogen-bond acceptors (Lipinski definition) is 4. The molecule has 0 N–H and O–H groups in total. The Labute approximate surface area is 117 Å². The first-order chi connectivity index (χ1) is 9.81. The molecule has 0 spiro atoms. The highest BCUT2D eigenvalue weighted by Crippen LogP contribution is 2.21. The third-order valence-corrected chi connectivity index (χ3v) is 2.77. The Balaban J connectivity index is 1.81. The van der Waals surface area contributed by atoms with Gasteiger partial charge < -0.3 is 4.74 Å². The summed E-state index contributed by atoms with van der Waals surface area (Å²) >= 11 is 0. The molecule has 3 aromatic rings. The topological polar surface area (TPSA) is 47.9 Å². The largest absolute Gasteiger partial charge is 0.439 e. The molecule has 20 heavy (non-hydrogen) atoms. The Morgan fingerprint density at radius 2 is 1.75 bits per heavy atom. The highest BCUT2D eigenvalue weighted by Gasteiger charge is 2.02. The van der Waals surface area contributed by atoms with Crippen LogP contribution in [0.25, 0.3) is 11.3 Å². The van der Waals surface area contributed by atoms with Gasteiger partial charge >= 0.3 is 0 Å². The van der Waals surface area contributed by atoms with E-state index in [-0.39, 0.29) is 0 Å². The average Bonchev–Trinajstić information content (AvgIpc) is 2.49. The summed E-state index contributed by atoms with van der Waals surface area (Å²) in [6.45, 7) is 1.86. The van der Waals surface area contributed by atoms with E-state index in [2.05, 4.69) is 15.0 Å². The number of ether oxygens (including phenoxy) is 1. The fourth-order valence-corrected chi connectivity index (χ4v) is 1.82. The second-order valence-corrected chi connectivity index (χ2v) is 4.29. The van der Waals surface area contributed by atoms with Gasteiger partial charge in [0.25, 0.3) is 0 Å². The molecule has 0 unspecified atom stereocenters. The van der Waals surface area contributed by atoms with Gasteiger partial charge in [-0.3, -0.25) is 0 Å². The highest BCUT2D eigenvalue weighted by molar-refractivity contribution is 5.57. The predicted octanol–water partition coefficient (Wildman–Crippen LogP) is 3.64. The van der Waals surface area contributed by atoms with Crippen LogP contribution in [0.2, 0.25) is 0 Å². The quantitative estimate of drug-likeness (QED) is 0.723. The number of nitrogens with zero attached hydrogens (tertiary/aromatic N) is 3. The zero-order valence-corrected chi connectivity index (χ0v) is 11.0. The summed E-state index contributed by atoms with van der Waals surface area (Å²) in [5.74, 6) is 2.07. The molecule has 2 aromatic heterocycles. The number of pyridine rings is 1. The van der Waals surface area contributed by atoms with Crippen LogP contribution in [0.3, 0.4) is 0 Å². The molecule has 1 aromatic carbocycles. The van der Waals surface area contributed by atoms with E-state index in [9.17, 15) is 0 Å². The Bertz CT molecular complexity index is 696. The third kappa shape index (κ3) is 2.80. The lowest BCUT2D eigenvalue weighted by atomic mass is 10.2. The predicted molar refractivity (Wildman–Crippen MR) is 76.5 cm³/mol. The molecule has 0 saturated heterocycles. The Hall–Kier alpha value is -2.75. The van der Waals surface area contributed by atoms with Crippen molar-refractivity contribution in [2.45, 2.75) is 6.92 Å². The van der Waals surface area contributed by atoms with Crippen molar-refractivity contribution in [3.8, 4) is 22.9 Å². The van der Waals surface area contributed by atoms with E-state index in [4.69, 9.17) is 4.74 Å². The fourth-order valence-electron chi connectivity index (χ4n) is 1.82. The highest BCUT2D eigenvalue weighted by atomic mass is 16.5. The molecule has 0 atom stereocenters. The number of para-hydroxylation sites is 1. The van der Waals surface area contributed by atoms with E-state index in [1.807, 2.05) is 55.5 Å². The second-order valence-electron chi connectivity index (χ2n) is 4.29. The van der Waals surface area contributed by atoms with Gasteiger partial charge in [0.1, 0.15) is 11.6 Å². The van der Waals surface area contributed by atoms with Crippen molar-refractivity contribution in [1.29, 1.82) is 0 Å². The minimum absolute atomic E-state index is 0.561. The summed E-state index contributed by atoms with van der Waals surface area (Å²) < 4.78 is 5.65. The van der Waals surface area contributed by atoms with Gasteiger partial charge in [-0.15, -0.1) is 0 Å².